The van der Waals surface area contributed by atoms with Gasteiger partial charge in [-0.15, -0.1) is 0 Å². The summed E-state index contributed by atoms with van der Waals surface area (Å²) in [7, 11) is 0. The number of amides is 3. The van der Waals surface area contributed by atoms with Gasteiger partial charge in [0.2, 0.25) is 0 Å². The zero-order valence-electron chi connectivity index (χ0n) is 20.6. The number of carbonyl (C=O) groups excluding carboxylic acids is 3. The van der Waals surface area contributed by atoms with E-state index < -0.39 is 23.8 Å². The van der Waals surface area contributed by atoms with Crippen molar-refractivity contribution in [2.75, 3.05) is 10.6 Å². The molecule has 10 heteroatoms. The molecule has 5 N–H and O–H groups in total. The zero-order valence-corrected chi connectivity index (χ0v) is 21.5. The molecular formula is C27H27N5O4S. The number of furan rings is 1. The van der Waals surface area contributed by atoms with Crippen LogP contribution in [0.25, 0.3) is 0 Å². The first kappa shape index (κ1) is 25.6. The van der Waals surface area contributed by atoms with E-state index in [1.807, 2.05) is 62.4 Å². The molecule has 0 aliphatic heterocycles. The van der Waals surface area contributed by atoms with Crippen LogP contribution < -0.4 is 21.7 Å². The molecule has 190 valence electrons. The molecule has 9 nitrogen and oxygen atoms in total. The summed E-state index contributed by atoms with van der Waals surface area (Å²) in [5, 5.41) is 2.93. The van der Waals surface area contributed by atoms with E-state index in [1.165, 1.54) is 4.90 Å². The Labute approximate surface area is 218 Å². The predicted molar refractivity (Wildman–Crippen MR) is 142 cm³/mol. The minimum absolute atomic E-state index is 0.00107. The fraction of sp³-hybridized carbons (Fsp3) is 0.185. The smallest absolute Gasteiger partial charge is 0.273 e. The number of primary amides is 1. The molecule has 0 unspecified atom stereocenters. The third kappa shape index (κ3) is 5.39. The molecule has 0 fully saturated rings. The van der Waals surface area contributed by atoms with Crippen LogP contribution in [0.3, 0.4) is 0 Å². The number of aryl methyl sites for hydroxylation is 3. The Hall–Kier alpha value is -4.44. The number of nitrogen functional groups attached to an aromatic ring is 1. The highest BCUT2D eigenvalue weighted by molar-refractivity contribution is 7.09. The molecule has 1 atom stereocenters. The number of nitrogens with zero attached hydrogens (tertiary/aromatic N) is 2. The molecule has 0 radical (unpaired) electrons. The fourth-order valence-corrected chi connectivity index (χ4v) is 4.68. The highest BCUT2D eigenvalue weighted by Crippen LogP contribution is 2.35. The summed E-state index contributed by atoms with van der Waals surface area (Å²) >= 11 is 0.756. The van der Waals surface area contributed by atoms with Crippen LogP contribution in [0.5, 0.6) is 0 Å². The van der Waals surface area contributed by atoms with Crippen molar-refractivity contribution in [2.45, 2.75) is 33.4 Å². The lowest BCUT2D eigenvalue weighted by molar-refractivity contribution is -0.123. The Bertz CT molecular complexity index is 1460. The first-order chi connectivity index (χ1) is 17.7. The molecular weight excluding hydrogens is 490 g/mol. The van der Waals surface area contributed by atoms with Gasteiger partial charge in [0.25, 0.3) is 17.7 Å². The van der Waals surface area contributed by atoms with Crippen molar-refractivity contribution in [1.82, 2.24) is 9.69 Å². The Morgan fingerprint density at radius 1 is 1.05 bits per heavy atom. The van der Waals surface area contributed by atoms with E-state index in [4.69, 9.17) is 15.9 Å². The van der Waals surface area contributed by atoms with Crippen LogP contribution in [0, 0.1) is 20.8 Å². The number of rotatable bonds is 8. The van der Waals surface area contributed by atoms with Crippen molar-refractivity contribution >= 4 is 40.6 Å². The van der Waals surface area contributed by atoms with Crippen molar-refractivity contribution in [2.24, 2.45) is 5.73 Å². The molecule has 2 heterocycles. The van der Waals surface area contributed by atoms with Gasteiger partial charge in [-0.2, -0.15) is 4.37 Å². The molecule has 0 aliphatic rings. The van der Waals surface area contributed by atoms with Crippen LogP contribution in [0.15, 0.2) is 65.1 Å². The molecule has 4 aromatic rings. The standard InChI is InChI=1S/C27H27N5O4S/c1-15-9-10-16(2)19(13-15)32(27(35)24-21(28)22(25(29)33)31-37-24)23(20-12-11-17(3)36-20)26(34)30-14-18-7-5-4-6-8-18/h4-13,23H,14,28H2,1-3H3,(H2,29,33)(H,30,34)/t23-/m1/s1. The number of hydrogen-bond acceptors (Lipinski definition) is 7. The number of aromatic nitrogens is 1. The van der Waals surface area contributed by atoms with Gasteiger partial charge in [-0.3, -0.25) is 19.3 Å². The number of anilines is 2. The van der Waals surface area contributed by atoms with Crippen LogP contribution in [0.4, 0.5) is 11.4 Å². The van der Waals surface area contributed by atoms with Crippen molar-refractivity contribution in [3.8, 4) is 0 Å². The van der Waals surface area contributed by atoms with Crippen LogP contribution in [0.2, 0.25) is 0 Å². The molecule has 4 rings (SSSR count). The van der Waals surface area contributed by atoms with Crippen molar-refractivity contribution < 1.29 is 18.8 Å². The zero-order chi connectivity index (χ0) is 26.7. The Morgan fingerprint density at radius 3 is 2.41 bits per heavy atom. The average molecular weight is 518 g/mol. The highest BCUT2D eigenvalue weighted by Gasteiger charge is 2.38. The van der Waals surface area contributed by atoms with E-state index in [0.29, 0.717) is 11.4 Å². The van der Waals surface area contributed by atoms with Gasteiger partial charge in [0, 0.05) is 12.2 Å². The molecule has 0 saturated carbocycles. The lowest BCUT2D eigenvalue weighted by Gasteiger charge is -2.31. The van der Waals surface area contributed by atoms with E-state index in [-0.39, 0.29) is 28.6 Å². The van der Waals surface area contributed by atoms with E-state index in [9.17, 15) is 14.4 Å². The van der Waals surface area contributed by atoms with Gasteiger partial charge in [0.05, 0.1) is 5.69 Å². The highest BCUT2D eigenvalue weighted by atomic mass is 32.1. The monoisotopic (exact) mass is 517 g/mol. The largest absolute Gasteiger partial charge is 0.464 e. The fourth-order valence-electron chi connectivity index (χ4n) is 3.94. The maximum atomic E-state index is 14.1. The second-order valence-corrected chi connectivity index (χ2v) is 9.43. The lowest BCUT2D eigenvalue weighted by Crippen LogP contribution is -2.44. The second-order valence-electron chi connectivity index (χ2n) is 8.66. The number of nitrogens with two attached hydrogens (primary N) is 2. The van der Waals surface area contributed by atoms with Crippen LogP contribution >= 0.6 is 11.5 Å². The first-order valence-electron chi connectivity index (χ1n) is 11.5. The van der Waals surface area contributed by atoms with Gasteiger partial charge in [0.1, 0.15) is 16.4 Å². The van der Waals surface area contributed by atoms with Crippen molar-refractivity contribution in [3.63, 3.8) is 0 Å². The Kier molecular flexibility index (Phi) is 7.40. The third-order valence-corrected chi connectivity index (χ3v) is 6.70. The van der Waals surface area contributed by atoms with Gasteiger partial charge >= 0.3 is 0 Å². The molecule has 0 aliphatic carbocycles. The van der Waals surface area contributed by atoms with Crippen LogP contribution in [-0.2, 0) is 11.3 Å². The van der Waals surface area contributed by atoms with Gasteiger partial charge in [-0.05, 0) is 67.2 Å². The van der Waals surface area contributed by atoms with E-state index >= 15 is 0 Å². The first-order valence-corrected chi connectivity index (χ1v) is 12.3. The van der Waals surface area contributed by atoms with Gasteiger partial charge in [-0.1, -0.05) is 42.5 Å². The van der Waals surface area contributed by atoms with Crippen LogP contribution in [0.1, 0.15) is 54.4 Å². The van der Waals surface area contributed by atoms with E-state index in [1.54, 1.807) is 19.1 Å². The normalized spacial score (nSPS) is 11.6. The summed E-state index contributed by atoms with van der Waals surface area (Å²) in [5.41, 5.74) is 14.2. The van der Waals surface area contributed by atoms with E-state index in [0.717, 1.165) is 28.2 Å². The molecule has 3 amide bonds. The predicted octanol–water partition coefficient (Wildman–Crippen LogP) is 4.05. The quantitative estimate of drug-likeness (QED) is 0.322. The minimum atomic E-state index is -1.18. The summed E-state index contributed by atoms with van der Waals surface area (Å²) < 4.78 is 9.86. The molecule has 2 aromatic carbocycles. The Morgan fingerprint density at radius 2 is 1.78 bits per heavy atom. The van der Waals surface area contributed by atoms with Crippen molar-refractivity contribution in [1.29, 1.82) is 0 Å². The molecule has 2 aromatic heterocycles. The number of carbonyl (C=O) groups is 3. The number of benzene rings is 2. The topological polar surface area (TPSA) is 145 Å². The van der Waals surface area contributed by atoms with Crippen molar-refractivity contribution in [3.05, 3.63) is 99.4 Å². The maximum Gasteiger partial charge on any atom is 0.273 e. The summed E-state index contributed by atoms with van der Waals surface area (Å²) in [5.74, 6) is -1.05. The third-order valence-electron chi connectivity index (χ3n) is 5.85. The molecule has 0 bridgehead atoms. The number of nitrogens with one attached hydrogen (secondary N) is 1. The molecule has 0 saturated heterocycles. The van der Waals surface area contributed by atoms with E-state index in [2.05, 4.69) is 9.69 Å². The summed E-state index contributed by atoms with van der Waals surface area (Å²) in [6.07, 6.45) is 0. The molecule has 37 heavy (non-hydrogen) atoms. The summed E-state index contributed by atoms with van der Waals surface area (Å²) in [6, 6.07) is 17.2. The average Bonchev–Trinajstić information content (AvgIpc) is 3.48. The van der Waals surface area contributed by atoms with Crippen LogP contribution in [-0.4, -0.2) is 22.1 Å². The summed E-state index contributed by atoms with van der Waals surface area (Å²) in [6.45, 7) is 5.73. The van der Waals surface area contributed by atoms with Gasteiger partial charge in [0.15, 0.2) is 11.7 Å². The van der Waals surface area contributed by atoms with Gasteiger partial charge in [-0.25, -0.2) is 0 Å². The Balaban J connectivity index is 1.85. The van der Waals surface area contributed by atoms with Gasteiger partial charge < -0.3 is 21.2 Å². The SMILES string of the molecule is Cc1ccc(C)c(N(C(=O)c2snc(C(N)=O)c2N)[C@@H](C(=O)NCc2ccccc2)c2ccc(C)o2)c1. The lowest BCUT2D eigenvalue weighted by atomic mass is 10.0. The maximum absolute atomic E-state index is 14.1. The molecule has 0 spiro atoms. The summed E-state index contributed by atoms with van der Waals surface area (Å²) in [4.78, 5) is 41.0. The minimum Gasteiger partial charge on any atom is -0.464 e. The number of hydrogen-bond donors (Lipinski definition) is 3. The second kappa shape index (κ2) is 10.7.